The van der Waals surface area contributed by atoms with E-state index in [2.05, 4.69) is 15.0 Å². The SMILES string of the molecule is CC(C)(C)OC(=O)CN(C(=O)OC(C)(C)C)c1cccc(C(N)(Cc2ccc(-c3nccs3)cc2)S(=O)(=O)c2ccccn2)n1. The minimum absolute atomic E-state index is 0.0437. The summed E-state index contributed by atoms with van der Waals surface area (Å²) in [6.07, 6.45) is 2.02. The van der Waals surface area contributed by atoms with Gasteiger partial charge in [-0.3, -0.25) is 9.69 Å². The Morgan fingerprint density at radius 1 is 0.867 bits per heavy atom. The van der Waals surface area contributed by atoms with Crippen molar-refractivity contribution in [2.45, 2.75) is 69.1 Å². The van der Waals surface area contributed by atoms with Crippen LogP contribution in [0.25, 0.3) is 10.6 Å². The number of sulfone groups is 1. The molecule has 1 unspecified atom stereocenters. The number of esters is 1. The third kappa shape index (κ3) is 8.29. The Morgan fingerprint density at radius 3 is 2.13 bits per heavy atom. The molecule has 11 nitrogen and oxygen atoms in total. The van der Waals surface area contributed by atoms with Crippen LogP contribution >= 0.6 is 11.3 Å². The van der Waals surface area contributed by atoms with Gasteiger partial charge in [-0.25, -0.2) is 28.2 Å². The Morgan fingerprint density at radius 2 is 1.56 bits per heavy atom. The maximum atomic E-state index is 14.2. The molecule has 1 atom stereocenters. The van der Waals surface area contributed by atoms with E-state index in [9.17, 15) is 18.0 Å². The van der Waals surface area contributed by atoms with E-state index in [1.165, 1.54) is 41.8 Å². The third-order valence-corrected chi connectivity index (χ3v) is 9.19. The van der Waals surface area contributed by atoms with Gasteiger partial charge in [0.15, 0.2) is 9.90 Å². The van der Waals surface area contributed by atoms with E-state index in [0.717, 1.165) is 15.5 Å². The van der Waals surface area contributed by atoms with Crippen molar-refractivity contribution in [2.75, 3.05) is 11.4 Å². The van der Waals surface area contributed by atoms with Gasteiger partial charge in [0.25, 0.3) is 0 Å². The van der Waals surface area contributed by atoms with E-state index < -0.39 is 44.5 Å². The number of hydrogen-bond donors (Lipinski definition) is 1. The van der Waals surface area contributed by atoms with Gasteiger partial charge < -0.3 is 15.2 Å². The second-order valence-corrected chi connectivity index (χ2v) is 15.4. The first-order chi connectivity index (χ1) is 21.0. The highest BCUT2D eigenvalue weighted by Crippen LogP contribution is 2.34. The molecule has 0 aliphatic heterocycles. The number of pyridine rings is 2. The van der Waals surface area contributed by atoms with Gasteiger partial charge in [0, 0.05) is 29.8 Å². The van der Waals surface area contributed by atoms with Crippen molar-refractivity contribution >= 4 is 39.1 Å². The summed E-state index contributed by atoms with van der Waals surface area (Å²) >= 11 is 1.48. The molecule has 0 aliphatic carbocycles. The molecule has 0 radical (unpaired) electrons. The molecule has 3 heterocycles. The first-order valence-electron chi connectivity index (χ1n) is 14.1. The Bertz CT molecular complexity index is 1730. The van der Waals surface area contributed by atoms with E-state index in [4.69, 9.17) is 15.2 Å². The number of hydrogen-bond acceptors (Lipinski definition) is 11. The second kappa shape index (κ2) is 13.0. The van der Waals surface area contributed by atoms with Gasteiger partial charge in [-0.2, -0.15) is 0 Å². The number of rotatable bonds is 9. The summed E-state index contributed by atoms with van der Waals surface area (Å²) in [5.74, 6) is -0.751. The first-order valence-corrected chi connectivity index (χ1v) is 16.5. The lowest BCUT2D eigenvalue weighted by atomic mass is 10.0. The number of nitrogens with zero attached hydrogens (tertiary/aromatic N) is 4. The lowest BCUT2D eigenvalue weighted by Gasteiger charge is -2.31. The fourth-order valence-electron chi connectivity index (χ4n) is 4.32. The Kier molecular flexibility index (Phi) is 9.76. The normalized spacial score (nSPS) is 13.5. The molecular formula is C32H37N5O6S2. The van der Waals surface area contributed by atoms with E-state index >= 15 is 0 Å². The summed E-state index contributed by atoms with van der Waals surface area (Å²) in [6.45, 7) is 9.63. The minimum atomic E-state index is -4.38. The zero-order valence-electron chi connectivity index (χ0n) is 26.1. The van der Waals surface area contributed by atoms with Crippen LogP contribution in [-0.2, 0) is 35.4 Å². The van der Waals surface area contributed by atoms with Crippen LogP contribution in [0, 0.1) is 0 Å². The van der Waals surface area contributed by atoms with Crippen LogP contribution in [0.3, 0.4) is 0 Å². The Hall–Kier alpha value is -4.20. The van der Waals surface area contributed by atoms with Gasteiger partial charge in [-0.15, -0.1) is 11.3 Å². The highest BCUT2D eigenvalue weighted by atomic mass is 32.2. The number of carbonyl (C=O) groups is 2. The first kappa shape index (κ1) is 33.7. The van der Waals surface area contributed by atoms with Crippen molar-refractivity contribution < 1.29 is 27.5 Å². The van der Waals surface area contributed by atoms with Gasteiger partial charge in [0.05, 0.1) is 5.69 Å². The van der Waals surface area contributed by atoms with E-state index in [1.54, 1.807) is 72.0 Å². The van der Waals surface area contributed by atoms with Crippen LogP contribution in [0.4, 0.5) is 10.6 Å². The van der Waals surface area contributed by atoms with Gasteiger partial charge in [-0.05, 0) is 71.4 Å². The molecule has 0 aliphatic rings. The average Bonchev–Trinajstić information content (AvgIpc) is 3.50. The molecule has 1 amide bonds. The quantitative estimate of drug-likeness (QED) is 0.229. The monoisotopic (exact) mass is 651 g/mol. The summed E-state index contributed by atoms with van der Waals surface area (Å²) in [5.41, 5.74) is 6.61. The van der Waals surface area contributed by atoms with Crippen LogP contribution < -0.4 is 10.6 Å². The van der Waals surface area contributed by atoms with Gasteiger partial charge in [0.2, 0.25) is 9.84 Å². The van der Waals surface area contributed by atoms with Crippen LogP contribution in [0.15, 0.2) is 83.5 Å². The number of anilines is 1. The number of aromatic nitrogens is 3. The zero-order chi connectivity index (χ0) is 33.0. The second-order valence-electron chi connectivity index (χ2n) is 12.3. The van der Waals surface area contributed by atoms with Crippen molar-refractivity contribution in [1.82, 2.24) is 15.0 Å². The Balaban J connectivity index is 1.81. The third-order valence-electron chi connectivity index (χ3n) is 6.26. The fourth-order valence-corrected chi connectivity index (χ4v) is 6.54. The maximum Gasteiger partial charge on any atom is 0.416 e. The predicted octanol–water partition coefficient (Wildman–Crippen LogP) is 5.51. The predicted molar refractivity (Wildman–Crippen MR) is 172 cm³/mol. The van der Waals surface area contributed by atoms with Crippen molar-refractivity contribution in [3.63, 3.8) is 0 Å². The summed E-state index contributed by atoms with van der Waals surface area (Å²) in [6, 6.07) is 16.2. The maximum absolute atomic E-state index is 14.2. The number of ether oxygens (including phenoxy) is 2. The zero-order valence-corrected chi connectivity index (χ0v) is 27.7. The number of thiazole rings is 1. The van der Waals surface area contributed by atoms with Crippen LogP contribution in [0.2, 0.25) is 0 Å². The molecular weight excluding hydrogens is 615 g/mol. The summed E-state index contributed by atoms with van der Waals surface area (Å²) in [5, 5.41) is 2.45. The molecule has 0 bridgehead atoms. The molecule has 4 rings (SSSR count). The fraction of sp³-hybridized carbons (Fsp3) is 0.344. The van der Waals surface area contributed by atoms with Gasteiger partial charge in [-0.1, -0.05) is 36.4 Å². The van der Waals surface area contributed by atoms with Crippen LogP contribution in [0.1, 0.15) is 52.8 Å². The van der Waals surface area contributed by atoms with Crippen molar-refractivity contribution in [3.8, 4) is 10.6 Å². The number of nitrogens with two attached hydrogens (primary N) is 1. The van der Waals surface area contributed by atoms with Gasteiger partial charge >= 0.3 is 12.1 Å². The van der Waals surface area contributed by atoms with E-state index in [1.807, 2.05) is 17.5 Å². The van der Waals surface area contributed by atoms with E-state index in [-0.39, 0.29) is 23.0 Å². The number of benzene rings is 1. The largest absolute Gasteiger partial charge is 0.459 e. The molecule has 0 fully saturated rings. The lowest BCUT2D eigenvalue weighted by Crippen LogP contribution is -2.48. The number of amides is 1. The minimum Gasteiger partial charge on any atom is -0.459 e. The van der Waals surface area contributed by atoms with Crippen molar-refractivity contribution in [2.24, 2.45) is 5.73 Å². The molecule has 1 aromatic carbocycles. The highest BCUT2D eigenvalue weighted by molar-refractivity contribution is 7.92. The summed E-state index contributed by atoms with van der Waals surface area (Å²) < 4.78 is 39.5. The van der Waals surface area contributed by atoms with E-state index in [0.29, 0.717) is 5.56 Å². The number of carbonyl (C=O) groups excluding carboxylic acids is 2. The van der Waals surface area contributed by atoms with Crippen LogP contribution in [0.5, 0.6) is 0 Å². The van der Waals surface area contributed by atoms with Crippen molar-refractivity contribution in [1.29, 1.82) is 0 Å². The Labute approximate surface area is 267 Å². The topological polar surface area (TPSA) is 155 Å². The average molecular weight is 652 g/mol. The van der Waals surface area contributed by atoms with Crippen LogP contribution in [-0.4, -0.2) is 53.2 Å². The standard InChI is InChI=1S/C32H37N5O6S2/c1-30(2,3)42-27(38)21-37(29(39)43-31(4,5)6)25-11-9-10-24(36-25)32(33,45(40,41)26-12-7-8-17-34-26)20-22-13-15-23(16-14-22)28-35-18-19-44-28/h7-19H,20-21,33H2,1-6H3. The van der Waals surface area contributed by atoms with Gasteiger partial charge in [0.1, 0.15) is 28.6 Å². The smallest absolute Gasteiger partial charge is 0.416 e. The molecule has 0 saturated heterocycles. The molecule has 238 valence electrons. The lowest BCUT2D eigenvalue weighted by molar-refractivity contribution is -0.153. The summed E-state index contributed by atoms with van der Waals surface area (Å²) in [7, 11) is -4.38. The molecule has 45 heavy (non-hydrogen) atoms. The summed E-state index contributed by atoms with van der Waals surface area (Å²) in [4.78, 5) is 38.1. The molecule has 4 aromatic rings. The highest BCUT2D eigenvalue weighted by Gasteiger charge is 2.45. The molecule has 0 spiro atoms. The van der Waals surface area contributed by atoms with Crippen molar-refractivity contribution in [3.05, 3.63) is 89.7 Å². The molecule has 2 N–H and O–H groups in total. The molecule has 0 saturated carbocycles. The molecule has 13 heteroatoms. The molecule has 3 aromatic heterocycles.